The molecule has 0 bridgehead atoms. The Balaban J connectivity index is 1.47. The first-order valence-corrected chi connectivity index (χ1v) is 8.91. The lowest BCUT2D eigenvalue weighted by molar-refractivity contribution is -0.139. The number of carboxylic acids is 1. The molecule has 8 nitrogen and oxygen atoms in total. The van der Waals surface area contributed by atoms with Crippen molar-refractivity contribution in [3.8, 4) is 10.7 Å². The Morgan fingerprint density at radius 2 is 2.32 bits per heavy atom. The fourth-order valence-electron chi connectivity index (χ4n) is 2.80. The van der Waals surface area contributed by atoms with Gasteiger partial charge in [-0.15, -0.1) is 11.3 Å². The third-order valence-corrected chi connectivity index (χ3v) is 4.87. The number of thiophene rings is 1. The molecule has 1 saturated heterocycles. The van der Waals surface area contributed by atoms with Gasteiger partial charge in [0.1, 0.15) is 0 Å². The normalized spacial score (nSPS) is 19.8. The molecule has 1 fully saturated rings. The second-order valence-electron chi connectivity index (χ2n) is 6.04. The molecule has 1 amide bonds. The second-order valence-corrected chi connectivity index (χ2v) is 6.99. The van der Waals surface area contributed by atoms with E-state index in [1.165, 1.54) is 11.3 Å². The summed E-state index contributed by atoms with van der Waals surface area (Å²) in [6.45, 7) is 0.694. The molecule has 3 rings (SSSR count). The number of aromatic nitrogens is 2. The van der Waals surface area contributed by atoms with Gasteiger partial charge in [-0.2, -0.15) is 4.98 Å². The van der Waals surface area contributed by atoms with Crippen LogP contribution in [0.5, 0.6) is 0 Å². The summed E-state index contributed by atoms with van der Waals surface area (Å²) < 4.78 is 10.5. The quantitative estimate of drug-likeness (QED) is 0.734. The largest absolute Gasteiger partial charge is 0.481 e. The number of carbonyl (C=O) groups is 2. The summed E-state index contributed by atoms with van der Waals surface area (Å²) >= 11 is 1.53. The molecule has 0 aromatic carbocycles. The lowest BCUT2D eigenvalue weighted by Gasteiger charge is -2.26. The van der Waals surface area contributed by atoms with E-state index in [0.717, 1.165) is 4.88 Å². The van der Waals surface area contributed by atoms with Crippen LogP contribution in [0.1, 0.15) is 31.6 Å². The van der Waals surface area contributed by atoms with Crippen molar-refractivity contribution >= 4 is 23.2 Å². The maximum Gasteiger partial charge on any atom is 0.305 e. The van der Waals surface area contributed by atoms with Gasteiger partial charge in [-0.1, -0.05) is 11.2 Å². The molecule has 25 heavy (non-hydrogen) atoms. The summed E-state index contributed by atoms with van der Waals surface area (Å²) in [7, 11) is 0. The molecular weight excluding hydrogens is 346 g/mol. The topological polar surface area (TPSA) is 115 Å². The van der Waals surface area contributed by atoms with Crippen LogP contribution in [0.3, 0.4) is 0 Å². The minimum absolute atomic E-state index is 0.132. The molecule has 1 aliphatic rings. The Morgan fingerprint density at radius 3 is 3.00 bits per heavy atom. The van der Waals surface area contributed by atoms with E-state index in [1.807, 2.05) is 17.5 Å². The second kappa shape index (κ2) is 7.75. The van der Waals surface area contributed by atoms with Crippen molar-refractivity contribution in [1.29, 1.82) is 0 Å². The first-order chi connectivity index (χ1) is 12.1. The van der Waals surface area contributed by atoms with Gasteiger partial charge >= 0.3 is 5.97 Å². The zero-order valence-corrected chi connectivity index (χ0v) is 14.4. The number of aliphatic carboxylic acids is 1. The molecule has 9 heteroatoms. The molecule has 0 radical (unpaired) electrons. The van der Waals surface area contributed by atoms with Crippen LogP contribution in [-0.2, 0) is 20.7 Å². The van der Waals surface area contributed by atoms with Gasteiger partial charge in [-0.3, -0.25) is 9.59 Å². The van der Waals surface area contributed by atoms with E-state index in [0.29, 0.717) is 37.6 Å². The van der Waals surface area contributed by atoms with Gasteiger partial charge in [0.25, 0.3) is 0 Å². The Morgan fingerprint density at radius 1 is 1.44 bits per heavy atom. The van der Waals surface area contributed by atoms with Crippen molar-refractivity contribution < 1.29 is 24.0 Å². The number of nitrogens with zero attached hydrogens (tertiary/aromatic N) is 2. The van der Waals surface area contributed by atoms with Gasteiger partial charge in [-0.25, -0.2) is 0 Å². The van der Waals surface area contributed by atoms with Crippen molar-refractivity contribution in [2.45, 2.75) is 37.6 Å². The van der Waals surface area contributed by atoms with Crippen LogP contribution in [0, 0.1) is 0 Å². The van der Waals surface area contributed by atoms with Crippen molar-refractivity contribution in [3.63, 3.8) is 0 Å². The van der Waals surface area contributed by atoms with Gasteiger partial charge in [-0.05, 0) is 24.3 Å². The number of amides is 1. The molecule has 0 aliphatic carbocycles. The maximum absolute atomic E-state index is 12.1. The van der Waals surface area contributed by atoms with Crippen molar-refractivity contribution in [3.05, 3.63) is 23.4 Å². The van der Waals surface area contributed by atoms with Crippen LogP contribution < -0.4 is 5.32 Å². The summed E-state index contributed by atoms with van der Waals surface area (Å²) in [5.41, 5.74) is -0.792. The molecule has 1 atom stereocenters. The van der Waals surface area contributed by atoms with E-state index >= 15 is 0 Å². The van der Waals surface area contributed by atoms with E-state index in [2.05, 4.69) is 15.5 Å². The molecule has 2 aromatic rings. The van der Waals surface area contributed by atoms with E-state index in [1.54, 1.807) is 0 Å². The number of carbonyl (C=O) groups excluding carboxylic acids is 1. The van der Waals surface area contributed by atoms with E-state index < -0.39 is 11.5 Å². The predicted octanol–water partition coefficient (Wildman–Crippen LogP) is 1.87. The van der Waals surface area contributed by atoms with Gasteiger partial charge in [0, 0.05) is 19.4 Å². The predicted molar refractivity (Wildman–Crippen MR) is 89.1 cm³/mol. The number of ether oxygens (including phenoxy) is 1. The van der Waals surface area contributed by atoms with Crippen LogP contribution in [0.15, 0.2) is 22.0 Å². The lowest BCUT2D eigenvalue weighted by Crippen LogP contribution is -2.50. The summed E-state index contributed by atoms with van der Waals surface area (Å²) in [5, 5.41) is 17.7. The third-order valence-electron chi connectivity index (χ3n) is 4.00. The van der Waals surface area contributed by atoms with Crippen LogP contribution in [0.2, 0.25) is 0 Å². The molecule has 1 aliphatic heterocycles. The Kier molecular flexibility index (Phi) is 5.44. The SMILES string of the molecule is O=C(O)CC1(NC(=O)CCCc2nc(-c3cccs3)no2)CCOC1. The van der Waals surface area contributed by atoms with Crippen LogP contribution >= 0.6 is 11.3 Å². The molecule has 3 heterocycles. The minimum atomic E-state index is -0.947. The van der Waals surface area contributed by atoms with E-state index in [-0.39, 0.29) is 25.4 Å². The third kappa shape index (κ3) is 4.64. The molecule has 134 valence electrons. The van der Waals surface area contributed by atoms with E-state index in [4.69, 9.17) is 14.4 Å². The Hall–Kier alpha value is -2.26. The Labute approximate surface area is 148 Å². The first-order valence-electron chi connectivity index (χ1n) is 8.03. The highest BCUT2D eigenvalue weighted by Gasteiger charge is 2.38. The fourth-order valence-corrected chi connectivity index (χ4v) is 3.45. The van der Waals surface area contributed by atoms with Crippen molar-refractivity contribution in [1.82, 2.24) is 15.5 Å². The number of rotatable bonds is 8. The average molecular weight is 365 g/mol. The molecule has 2 N–H and O–H groups in total. The lowest BCUT2D eigenvalue weighted by atomic mass is 9.94. The summed E-state index contributed by atoms with van der Waals surface area (Å²) in [6, 6.07) is 3.83. The monoisotopic (exact) mass is 365 g/mol. The summed E-state index contributed by atoms with van der Waals surface area (Å²) in [4.78, 5) is 28.4. The highest BCUT2D eigenvalue weighted by Crippen LogP contribution is 2.23. The van der Waals surface area contributed by atoms with Gasteiger partial charge in [0.15, 0.2) is 0 Å². The molecule has 0 spiro atoms. The van der Waals surface area contributed by atoms with E-state index in [9.17, 15) is 9.59 Å². The molecule has 0 saturated carbocycles. The molecular formula is C16H19N3O5S. The maximum atomic E-state index is 12.1. The van der Waals surface area contributed by atoms with Crippen LogP contribution in [0.25, 0.3) is 10.7 Å². The number of aryl methyl sites for hydroxylation is 1. The standard InChI is InChI=1S/C16H19N3O5S/c20-12(18-16(9-14(21)22)6-7-23-10-16)4-1-5-13-17-15(19-24-13)11-3-2-8-25-11/h2-3,8H,1,4-7,9-10H2,(H,18,20)(H,21,22). The Bertz CT molecular complexity index is 722. The van der Waals surface area contributed by atoms with Crippen molar-refractivity contribution in [2.24, 2.45) is 0 Å². The fraction of sp³-hybridized carbons (Fsp3) is 0.500. The summed E-state index contributed by atoms with van der Waals surface area (Å²) in [5.74, 6) is -0.0962. The number of carboxylic acid groups (broad SMARTS) is 1. The zero-order valence-electron chi connectivity index (χ0n) is 13.6. The zero-order chi connectivity index (χ0) is 17.7. The molecule has 2 aromatic heterocycles. The number of hydrogen-bond donors (Lipinski definition) is 2. The molecule has 1 unspecified atom stereocenters. The van der Waals surface area contributed by atoms with Crippen molar-refractivity contribution in [2.75, 3.05) is 13.2 Å². The van der Waals surface area contributed by atoms with Gasteiger partial charge < -0.3 is 19.7 Å². The average Bonchev–Trinajstić information content (AvgIpc) is 3.27. The number of hydrogen-bond acceptors (Lipinski definition) is 7. The highest BCUT2D eigenvalue weighted by atomic mass is 32.1. The highest BCUT2D eigenvalue weighted by molar-refractivity contribution is 7.13. The van der Waals surface area contributed by atoms with Gasteiger partial charge in [0.2, 0.25) is 17.6 Å². The summed E-state index contributed by atoms with van der Waals surface area (Å²) in [6.07, 6.45) is 1.68. The van der Waals surface area contributed by atoms with Crippen LogP contribution in [-0.4, -0.2) is 45.9 Å². The van der Waals surface area contributed by atoms with Gasteiger partial charge in [0.05, 0.1) is 23.4 Å². The minimum Gasteiger partial charge on any atom is -0.481 e. The number of nitrogens with one attached hydrogen (secondary N) is 1. The smallest absolute Gasteiger partial charge is 0.305 e. The first kappa shape index (κ1) is 17.6. The van der Waals surface area contributed by atoms with Crippen LogP contribution in [0.4, 0.5) is 0 Å².